The molecule has 2 amide bonds. The van der Waals surface area contributed by atoms with Gasteiger partial charge in [0.1, 0.15) is 17.0 Å². The van der Waals surface area contributed by atoms with Gasteiger partial charge in [-0.2, -0.15) is 0 Å². The van der Waals surface area contributed by atoms with Crippen LogP contribution in [-0.4, -0.2) is 40.1 Å². The predicted molar refractivity (Wildman–Crippen MR) is 102 cm³/mol. The number of benzene rings is 1. The topological polar surface area (TPSA) is 53.8 Å². The Bertz CT molecular complexity index is 732. The SMILES string of the molecule is CCCN(CC(=O)N(Cc1ccc(F)cc1)Cc1ccco1)C(=O)C(C)Cl. The Kier molecular flexibility index (Phi) is 7.85. The van der Waals surface area contributed by atoms with Gasteiger partial charge in [0.25, 0.3) is 0 Å². The summed E-state index contributed by atoms with van der Waals surface area (Å²) in [6.45, 7) is 4.45. The molecular weight excluding hydrogens is 371 g/mol. The molecule has 1 heterocycles. The lowest BCUT2D eigenvalue weighted by atomic mass is 10.2. The zero-order valence-corrected chi connectivity index (χ0v) is 16.3. The molecule has 7 heteroatoms. The first-order chi connectivity index (χ1) is 12.9. The maximum absolute atomic E-state index is 13.2. The molecule has 1 aromatic carbocycles. The Balaban J connectivity index is 2.15. The van der Waals surface area contributed by atoms with E-state index in [-0.39, 0.29) is 37.3 Å². The highest BCUT2D eigenvalue weighted by Gasteiger charge is 2.24. The van der Waals surface area contributed by atoms with Crippen molar-refractivity contribution in [2.24, 2.45) is 0 Å². The second kappa shape index (κ2) is 10.1. The molecule has 0 aliphatic carbocycles. The zero-order chi connectivity index (χ0) is 19.8. The molecule has 0 radical (unpaired) electrons. The minimum absolute atomic E-state index is 0.0639. The van der Waals surface area contributed by atoms with Gasteiger partial charge >= 0.3 is 0 Å². The van der Waals surface area contributed by atoms with Gasteiger partial charge in [-0.05, 0) is 43.2 Å². The van der Waals surface area contributed by atoms with Crippen molar-refractivity contribution in [2.75, 3.05) is 13.1 Å². The molecular formula is C20H24ClFN2O3. The van der Waals surface area contributed by atoms with Gasteiger partial charge in [0, 0.05) is 13.1 Å². The molecule has 0 aliphatic rings. The average molecular weight is 395 g/mol. The highest BCUT2D eigenvalue weighted by atomic mass is 35.5. The number of hydrogen-bond acceptors (Lipinski definition) is 3. The number of nitrogens with zero attached hydrogens (tertiary/aromatic N) is 2. The summed E-state index contributed by atoms with van der Waals surface area (Å²) in [6.07, 6.45) is 2.26. The monoisotopic (exact) mass is 394 g/mol. The van der Waals surface area contributed by atoms with Crippen LogP contribution in [0.15, 0.2) is 47.1 Å². The molecule has 0 N–H and O–H groups in total. The highest BCUT2D eigenvalue weighted by Crippen LogP contribution is 2.13. The molecule has 0 saturated heterocycles. The number of furan rings is 1. The molecule has 2 aromatic rings. The van der Waals surface area contributed by atoms with Crippen LogP contribution in [0.3, 0.4) is 0 Å². The van der Waals surface area contributed by atoms with E-state index in [9.17, 15) is 14.0 Å². The Morgan fingerprint density at radius 3 is 2.41 bits per heavy atom. The summed E-state index contributed by atoms with van der Waals surface area (Å²) in [4.78, 5) is 28.2. The van der Waals surface area contributed by atoms with E-state index in [0.29, 0.717) is 12.3 Å². The summed E-state index contributed by atoms with van der Waals surface area (Å²) in [5, 5.41) is -0.694. The van der Waals surface area contributed by atoms with Gasteiger partial charge in [-0.3, -0.25) is 9.59 Å². The highest BCUT2D eigenvalue weighted by molar-refractivity contribution is 6.30. The van der Waals surface area contributed by atoms with Crippen LogP contribution < -0.4 is 0 Å². The molecule has 27 heavy (non-hydrogen) atoms. The van der Waals surface area contributed by atoms with E-state index in [1.807, 2.05) is 6.92 Å². The van der Waals surface area contributed by atoms with Crippen LogP contribution in [0.1, 0.15) is 31.6 Å². The van der Waals surface area contributed by atoms with E-state index in [0.717, 1.165) is 12.0 Å². The molecule has 0 spiro atoms. The van der Waals surface area contributed by atoms with Crippen molar-refractivity contribution in [2.45, 2.75) is 38.7 Å². The maximum atomic E-state index is 13.2. The smallest absolute Gasteiger partial charge is 0.242 e. The molecule has 1 unspecified atom stereocenters. The first-order valence-electron chi connectivity index (χ1n) is 8.88. The zero-order valence-electron chi connectivity index (χ0n) is 15.5. The van der Waals surface area contributed by atoms with Crippen molar-refractivity contribution in [3.63, 3.8) is 0 Å². The number of alkyl halides is 1. The summed E-state index contributed by atoms with van der Waals surface area (Å²) in [5.74, 6) is -0.204. The normalized spacial score (nSPS) is 11.9. The molecule has 146 valence electrons. The summed E-state index contributed by atoms with van der Waals surface area (Å²) in [7, 11) is 0. The van der Waals surface area contributed by atoms with E-state index in [1.54, 1.807) is 36.1 Å². The summed E-state index contributed by atoms with van der Waals surface area (Å²) < 4.78 is 18.5. The van der Waals surface area contributed by atoms with Crippen molar-refractivity contribution in [3.8, 4) is 0 Å². The van der Waals surface area contributed by atoms with E-state index in [2.05, 4.69) is 0 Å². The number of amides is 2. The second-order valence-corrected chi connectivity index (χ2v) is 6.99. The fraction of sp³-hybridized carbons (Fsp3) is 0.400. The summed E-state index contributed by atoms with van der Waals surface area (Å²) >= 11 is 5.91. The minimum Gasteiger partial charge on any atom is -0.467 e. The van der Waals surface area contributed by atoms with Gasteiger partial charge in [-0.1, -0.05) is 19.1 Å². The number of carbonyl (C=O) groups is 2. The first kappa shape index (κ1) is 21.0. The molecule has 0 aliphatic heterocycles. The van der Waals surface area contributed by atoms with Crippen LogP contribution in [0.5, 0.6) is 0 Å². The van der Waals surface area contributed by atoms with Gasteiger partial charge in [-0.25, -0.2) is 4.39 Å². The van der Waals surface area contributed by atoms with Gasteiger partial charge in [0.15, 0.2) is 0 Å². The van der Waals surface area contributed by atoms with E-state index in [1.165, 1.54) is 23.3 Å². The van der Waals surface area contributed by atoms with E-state index < -0.39 is 5.38 Å². The molecule has 5 nitrogen and oxygen atoms in total. The first-order valence-corrected chi connectivity index (χ1v) is 9.31. The Labute approximate surface area is 163 Å². The van der Waals surface area contributed by atoms with Crippen LogP contribution >= 0.6 is 11.6 Å². The molecule has 0 fully saturated rings. The predicted octanol–water partition coefficient (Wildman–Crippen LogP) is 3.81. The van der Waals surface area contributed by atoms with Crippen molar-refractivity contribution in [1.29, 1.82) is 0 Å². The maximum Gasteiger partial charge on any atom is 0.242 e. The third-order valence-electron chi connectivity index (χ3n) is 4.04. The minimum atomic E-state index is -0.694. The fourth-order valence-corrected chi connectivity index (χ4v) is 2.82. The Morgan fingerprint density at radius 2 is 1.85 bits per heavy atom. The molecule has 0 bridgehead atoms. The number of hydrogen-bond donors (Lipinski definition) is 0. The molecule has 1 aromatic heterocycles. The van der Waals surface area contributed by atoms with Gasteiger partial charge in [0.05, 0.1) is 19.4 Å². The van der Waals surface area contributed by atoms with Crippen LogP contribution in [0, 0.1) is 5.82 Å². The molecule has 0 saturated carbocycles. The van der Waals surface area contributed by atoms with E-state index in [4.69, 9.17) is 16.0 Å². The van der Waals surface area contributed by atoms with Crippen molar-refractivity contribution in [1.82, 2.24) is 9.80 Å². The standard InChI is InChI=1S/C20H24ClFN2O3/c1-3-10-23(20(26)15(2)21)14-19(25)24(13-18-5-4-11-27-18)12-16-6-8-17(22)9-7-16/h4-9,11,15H,3,10,12-14H2,1-2H3. The fourth-order valence-electron chi connectivity index (χ4n) is 2.69. The van der Waals surface area contributed by atoms with Gasteiger partial charge < -0.3 is 14.2 Å². The van der Waals surface area contributed by atoms with Crippen molar-refractivity contribution >= 4 is 23.4 Å². The van der Waals surface area contributed by atoms with Crippen molar-refractivity contribution in [3.05, 3.63) is 59.8 Å². The lowest BCUT2D eigenvalue weighted by Gasteiger charge is -2.28. The van der Waals surface area contributed by atoms with Crippen molar-refractivity contribution < 1.29 is 18.4 Å². The van der Waals surface area contributed by atoms with Crippen LogP contribution in [0.25, 0.3) is 0 Å². The number of halogens is 2. The quantitative estimate of drug-likeness (QED) is 0.607. The van der Waals surface area contributed by atoms with Crippen LogP contribution in [0.4, 0.5) is 4.39 Å². The van der Waals surface area contributed by atoms with Crippen LogP contribution in [0.2, 0.25) is 0 Å². The largest absolute Gasteiger partial charge is 0.467 e. The number of rotatable bonds is 9. The Hall–Kier alpha value is -2.34. The van der Waals surface area contributed by atoms with Gasteiger partial charge in [0.2, 0.25) is 11.8 Å². The third-order valence-corrected chi connectivity index (χ3v) is 4.22. The number of carbonyl (C=O) groups excluding carboxylic acids is 2. The molecule has 2 rings (SSSR count). The lowest BCUT2D eigenvalue weighted by Crippen LogP contribution is -2.44. The van der Waals surface area contributed by atoms with Crippen LogP contribution in [-0.2, 0) is 22.7 Å². The second-order valence-electron chi connectivity index (χ2n) is 6.33. The third kappa shape index (κ3) is 6.40. The molecule has 1 atom stereocenters. The Morgan fingerprint density at radius 1 is 1.15 bits per heavy atom. The lowest BCUT2D eigenvalue weighted by molar-refractivity contribution is -0.141. The van der Waals surface area contributed by atoms with Gasteiger partial charge in [-0.15, -0.1) is 11.6 Å². The average Bonchev–Trinajstić information content (AvgIpc) is 3.15. The van der Waals surface area contributed by atoms with E-state index >= 15 is 0 Å². The summed E-state index contributed by atoms with van der Waals surface area (Å²) in [6, 6.07) is 9.50. The summed E-state index contributed by atoms with van der Waals surface area (Å²) in [5.41, 5.74) is 0.787.